The van der Waals surface area contributed by atoms with Crippen LogP contribution >= 0.6 is 0 Å². The van der Waals surface area contributed by atoms with Crippen LogP contribution in [-0.4, -0.2) is 82.5 Å². The number of benzene rings is 8. The first kappa shape index (κ1) is 45.6. The maximum absolute atomic E-state index is 13.9. The van der Waals surface area contributed by atoms with Crippen molar-refractivity contribution in [2.24, 2.45) is 0 Å². The molecule has 0 heterocycles. The second-order valence-electron chi connectivity index (χ2n) is 18.0. The molecule has 8 rings (SSSR count). The van der Waals surface area contributed by atoms with E-state index in [1.54, 1.807) is 91.4 Å². The maximum Gasteiger partial charge on any atom is 0.410 e. The van der Waals surface area contributed by atoms with E-state index in [-0.39, 0.29) is 18.4 Å². The van der Waals surface area contributed by atoms with Crippen molar-refractivity contribution in [3.05, 3.63) is 179 Å². The van der Waals surface area contributed by atoms with Crippen LogP contribution in [0.1, 0.15) is 63.7 Å². The first-order valence-corrected chi connectivity index (χ1v) is 22.2. The SMILES string of the molecule is CN(Cc1c2ccccc2c(CN(C)C(=O)c2ccc(Oc3ccc(C(=O)N(C)Cc4c5ccccc5c(CN(C)C(=O)OC(C)(C)C)c5ccccc45)cc3)cc2)c2ccccc12)C(=O)O. The molecule has 0 radical (unpaired) electrons. The summed E-state index contributed by atoms with van der Waals surface area (Å²) in [7, 11) is 6.88. The van der Waals surface area contributed by atoms with Gasteiger partial charge in [-0.25, -0.2) is 9.59 Å². The van der Waals surface area contributed by atoms with Gasteiger partial charge in [0.15, 0.2) is 0 Å². The zero-order valence-electron chi connectivity index (χ0n) is 38.9. The van der Waals surface area contributed by atoms with Gasteiger partial charge in [-0.1, -0.05) is 97.1 Å². The second-order valence-corrected chi connectivity index (χ2v) is 18.0. The molecule has 0 unspecified atom stereocenters. The Hall–Kier alpha value is -7.92. The second kappa shape index (κ2) is 18.9. The molecule has 4 amide bonds. The van der Waals surface area contributed by atoms with Gasteiger partial charge in [-0.2, -0.15) is 0 Å². The highest BCUT2D eigenvalue weighted by Crippen LogP contribution is 2.37. The average Bonchev–Trinajstić information content (AvgIpc) is 3.32. The Labute approximate surface area is 390 Å². The molecule has 0 atom stereocenters. The molecule has 67 heavy (non-hydrogen) atoms. The zero-order valence-corrected chi connectivity index (χ0v) is 38.9. The minimum atomic E-state index is -1.00. The molecule has 0 aromatic heterocycles. The lowest BCUT2D eigenvalue weighted by molar-refractivity contribution is 0.0286. The number of amides is 4. The Morgan fingerprint density at radius 2 is 0.687 bits per heavy atom. The van der Waals surface area contributed by atoms with Gasteiger partial charge in [0.05, 0.1) is 0 Å². The third kappa shape index (κ3) is 9.72. The van der Waals surface area contributed by atoms with Gasteiger partial charge in [0, 0.05) is 65.5 Å². The van der Waals surface area contributed by atoms with E-state index >= 15 is 0 Å². The lowest BCUT2D eigenvalue weighted by Crippen LogP contribution is -2.34. The Kier molecular flexibility index (Phi) is 12.9. The summed E-state index contributed by atoms with van der Waals surface area (Å²) in [5.41, 5.74) is 4.30. The van der Waals surface area contributed by atoms with Gasteiger partial charge in [-0.05, 0) is 135 Å². The van der Waals surface area contributed by atoms with E-state index in [4.69, 9.17) is 9.47 Å². The number of hydrogen-bond acceptors (Lipinski definition) is 6. The average molecular weight is 895 g/mol. The summed E-state index contributed by atoms with van der Waals surface area (Å²) in [6.07, 6.45) is -1.40. The first-order chi connectivity index (χ1) is 32.1. The Balaban J connectivity index is 0.949. The summed E-state index contributed by atoms with van der Waals surface area (Å²) in [5, 5.41) is 17.5. The molecule has 340 valence electrons. The number of rotatable bonds is 12. The molecule has 11 nitrogen and oxygen atoms in total. The molecule has 0 aliphatic carbocycles. The van der Waals surface area contributed by atoms with Crippen molar-refractivity contribution in [2.75, 3.05) is 28.2 Å². The minimum absolute atomic E-state index is 0.150. The molecule has 1 N–H and O–H groups in total. The van der Waals surface area contributed by atoms with Gasteiger partial charge in [-0.3, -0.25) is 9.59 Å². The molecule has 0 aliphatic rings. The molecular formula is C56H54N4O7. The summed E-state index contributed by atoms with van der Waals surface area (Å²) in [6, 6.07) is 46.1. The van der Waals surface area contributed by atoms with Gasteiger partial charge < -0.3 is 34.2 Å². The number of ether oxygens (including phenoxy) is 2. The predicted octanol–water partition coefficient (Wildman–Crippen LogP) is 12.1. The van der Waals surface area contributed by atoms with Crippen LogP contribution in [0.2, 0.25) is 0 Å². The zero-order chi connectivity index (χ0) is 47.6. The van der Waals surface area contributed by atoms with E-state index in [2.05, 4.69) is 24.3 Å². The fourth-order valence-corrected chi connectivity index (χ4v) is 8.77. The molecule has 11 heteroatoms. The van der Waals surface area contributed by atoms with Crippen molar-refractivity contribution in [2.45, 2.75) is 52.6 Å². The predicted molar refractivity (Wildman–Crippen MR) is 265 cm³/mol. The summed E-state index contributed by atoms with van der Waals surface area (Å²) in [5.74, 6) is 0.761. The molecule has 0 bridgehead atoms. The van der Waals surface area contributed by atoms with Gasteiger partial charge >= 0.3 is 12.2 Å². The third-order valence-corrected chi connectivity index (χ3v) is 12.1. The molecule has 8 aromatic carbocycles. The summed E-state index contributed by atoms with van der Waals surface area (Å²) in [6.45, 7) is 6.83. The van der Waals surface area contributed by atoms with Crippen LogP contribution in [0, 0.1) is 0 Å². The normalized spacial score (nSPS) is 11.4. The van der Waals surface area contributed by atoms with E-state index in [1.165, 1.54) is 4.90 Å². The van der Waals surface area contributed by atoms with Crippen molar-refractivity contribution in [3.8, 4) is 11.5 Å². The van der Waals surface area contributed by atoms with Crippen molar-refractivity contribution in [3.63, 3.8) is 0 Å². The van der Waals surface area contributed by atoms with Crippen molar-refractivity contribution >= 4 is 67.1 Å². The number of carboxylic acid groups (broad SMARTS) is 1. The first-order valence-electron chi connectivity index (χ1n) is 22.2. The number of carbonyl (C=O) groups is 4. The molecule has 0 aliphatic heterocycles. The van der Waals surface area contributed by atoms with Crippen LogP contribution in [0.3, 0.4) is 0 Å². The van der Waals surface area contributed by atoms with E-state index in [0.29, 0.717) is 42.3 Å². The van der Waals surface area contributed by atoms with E-state index in [1.807, 2.05) is 93.6 Å². The highest BCUT2D eigenvalue weighted by molar-refractivity contribution is 6.08. The molecule has 8 aromatic rings. The number of nitrogens with zero attached hydrogens (tertiary/aromatic N) is 4. The molecule has 0 saturated carbocycles. The van der Waals surface area contributed by atoms with Crippen LogP contribution in [0.4, 0.5) is 9.59 Å². The van der Waals surface area contributed by atoms with E-state index in [0.717, 1.165) is 65.3 Å². The lowest BCUT2D eigenvalue weighted by atomic mass is 9.91. The molecule has 0 fully saturated rings. The van der Waals surface area contributed by atoms with Gasteiger partial charge in [0.25, 0.3) is 11.8 Å². The molecule has 0 saturated heterocycles. The van der Waals surface area contributed by atoms with E-state index in [9.17, 15) is 24.3 Å². The van der Waals surface area contributed by atoms with Crippen LogP contribution in [0.25, 0.3) is 43.1 Å². The van der Waals surface area contributed by atoms with Crippen LogP contribution < -0.4 is 4.74 Å². The smallest absolute Gasteiger partial charge is 0.410 e. The Bertz CT molecular complexity index is 3060. The summed E-state index contributed by atoms with van der Waals surface area (Å²) >= 11 is 0. The molecule has 0 spiro atoms. The lowest BCUT2D eigenvalue weighted by Gasteiger charge is -2.26. The standard InChI is InChI=1S/C56H54N4O7/c1-56(2,3)67-55(65)60(7)35-51-46-22-14-10-18-42(46)49(43-19-11-15-23-47(43)51)33-58(5)53(62)37-26-30-39(31-27-37)66-38-28-24-36(25-29-38)52(61)57(4)32-48-40-16-8-12-20-44(40)50(34-59(6)54(63)64)45-21-13-9-17-41(45)48/h8-31H,32-35H2,1-7H3,(H,63,64). The minimum Gasteiger partial charge on any atom is -0.465 e. The van der Waals surface area contributed by atoms with Gasteiger partial charge in [0.1, 0.15) is 17.1 Å². The fourth-order valence-electron chi connectivity index (χ4n) is 8.77. The maximum atomic E-state index is 13.9. The number of carbonyl (C=O) groups excluding carboxylic acids is 3. The van der Waals surface area contributed by atoms with Crippen LogP contribution in [0.5, 0.6) is 11.5 Å². The highest BCUT2D eigenvalue weighted by Gasteiger charge is 2.24. The third-order valence-electron chi connectivity index (χ3n) is 12.1. The Morgan fingerprint density at radius 1 is 0.418 bits per heavy atom. The number of hydrogen-bond donors (Lipinski definition) is 1. The Morgan fingerprint density at radius 3 is 0.955 bits per heavy atom. The van der Waals surface area contributed by atoms with Crippen molar-refractivity contribution in [1.29, 1.82) is 0 Å². The van der Waals surface area contributed by atoms with Crippen LogP contribution in [0.15, 0.2) is 146 Å². The largest absolute Gasteiger partial charge is 0.465 e. The summed E-state index contributed by atoms with van der Waals surface area (Å²) in [4.78, 5) is 58.8. The topological polar surface area (TPSA) is 120 Å². The van der Waals surface area contributed by atoms with Gasteiger partial charge in [0.2, 0.25) is 0 Å². The highest BCUT2D eigenvalue weighted by atomic mass is 16.6. The van der Waals surface area contributed by atoms with E-state index < -0.39 is 17.8 Å². The van der Waals surface area contributed by atoms with Gasteiger partial charge in [-0.15, -0.1) is 0 Å². The van der Waals surface area contributed by atoms with Crippen molar-refractivity contribution < 1.29 is 33.8 Å². The monoisotopic (exact) mass is 894 g/mol. The van der Waals surface area contributed by atoms with Crippen molar-refractivity contribution in [1.82, 2.24) is 19.6 Å². The fraction of sp³-hybridized carbons (Fsp3) is 0.214. The quantitative estimate of drug-likeness (QED) is 0.121. The number of fused-ring (bicyclic) bond motifs is 4. The molecular weight excluding hydrogens is 841 g/mol. The summed E-state index contributed by atoms with van der Waals surface area (Å²) < 4.78 is 11.8. The van der Waals surface area contributed by atoms with Crippen LogP contribution in [-0.2, 0) is 30.9 Å².